The molecule has 1 atom stereocenters. The molecule has 1 rings (SSSR count). The van der Waals surface area contributed by atoms with E-state index in [1.807, 2.05) is 13.1 Å². The third kappa shape index (κ3) is 3.52. The van der Waals surface area contributed by atoms with Gasteiger partial charge in [0.25, 0.3) is 0 Å². The van der Waals surface area contributed by atoms with Crippen LogP contribution in [0, 0.1) is 6.92 Å². The van der Waals surface area contributed by atoms with E-state index in [-0.39, 0.29) is 0 Å². The second-order valence-corrected chi connectivity index (χ2v) is 4.03. The van der Waals surface area contributed by atoms with Crippen molar-refractivity contribution in [3.63, 3.8) is 0 Å². The van der Waals surface area contributed by atoms with Gasteiger partial charge in [-0.2, -0.15) is 0 Å². The van der Waals surface area contributed by atoms with Crippen LogP contribution in [0.25, 0.3) is 0 Å². The van der Waals surface area contributed by atoms with Gasteiger partial charge in [-0.15, -0.1) is 0 Å². The number of hydrogen-bond acceptors (Lipinski definition) is 2. The molecule has 0 saturated carbocycles. The quantitative estimate of drug-likeness (QED) is 0.640. The van der Waals surface area contributed by atoms with Gasteiger partial charge >= 0.3 is 0 Å². The van der Waals surface area contributed by atoms with Crippen molar-refractivity contribution in [3.8, 4) is 0 Å². The molecule has 0 aliphatic carbocycles. The highest BCUT2D eigenvalue weighted by Gasteiger charge is 2.09. The largest absolute Gasteiger partial charge is 0.446 e. The molecule has 14 heavy (non-hydrogen) atoms. The first-order valence-electron chi connectivity index (χ1n) is 5.66. The van der Waals surface area contributed by atoms with Gasteiger partial charge in [0.1, 0.15) is 5.76 Å². The number of aromatic nitrogens is 1. The SMILES string of the molecule is CCCCCCC(C)c1cnc(C)o1. The zero-order chi connectivity index (χ0) is 10.4. The van der Waals surface area contributed by atoms with Crippen LogP contribution in [0.5, 0.6) is 0 Å². The predicted molar refractivity (Wildman–Crippen MR) is 58.4 cm³/mol. The first-order chi connectivity index (χ1) is 6.74. The van der Waals surface area contributed by atoms with E-state index in [1.165, 1.54) is 32.1 Å². The standard InChI is InChI=1S/C12H21NO/c1-4-5-6-7-8-10(2)12-9-13-11(3)14-12/h9-10H,4-8H2,1-3H3. The molecule has 2 nitrogen and oxygen atoms in total. The Bertz CT molecular complexity index is 255. The maximum absolute atomic E-state index is 5.49. The van der Waals surface area contributed by atoms with E-state index in [0.29, 0.717) is 5.92 Å². The maximum atomic E-state index is 5.49. The zero-order valence-electron chi connectivity index (χ0n) is 9.55. The second kappa shape index (κ2) is 5.84. The first-order valence-corrected chi connectivity index (χ1v) is 5.66. The number of oxazole rings is 1. The molecular formula is C12H21NO. The lowest BCUT2D eigenvalue weighted by Gasteiger charge is -2.06. The van der Waals surface area contributed by atoms with Crippen molar-refractivity contribution in [1.82, 2.24) is 4.98 Å². The highest BCUT2D eigenvalue weighted by atomic mass is 16.4. The fourth-order valence-electron chi connectivity index (χ4n) is 1.63. The van der Waals surface area contributed by atoms with E-state index in [2.05, 4.69) is 18.8 Å². The van der Waals surface area contributed by atoms with Gasteiger partial charge in [-0.1, -0.05) is 39.5 Å². The molecule has 2 heteroatoms. The van der Waals surface area contributed by atoms with E-state index < -0.39 is 0 Å². The third-order valence-corrected chi connectivity index (χ3v) is 2.62. The van der Waals surface area contributed by atoms with Crippen LogP contribution in [0.15, 0.2) is 10.6 Å². The summed E-state index contributed by atoms with van der Waals surface area (Å²) in [4.78, 5) is 4.12. The number of unbranched alkanes of at least 4 members (excludes halogenated alkanes) is 3. The van der Waals surface area contributed by atoms with Crippen LogP contribution >= 0.6 is 0 Å². The van der Waals surface area contributed by atoms with Crippen LogP contribution in [-0.4, -0.2) is 4.98 Å². The number of hydrogen-bond donors (Lipinski definition) is 0. The monoisotopic (exact) mass is 195 g/mol. The van der Waals surface area contributed by atoms with Crippen molar-refractivity contribution in [2.45, 2.75) is 58.8 Å². The summed E-state index contributed by atoms with van der Waals surface area (Å²) in [7, 11) is 0. The fourth-order valence-corrected chi connectivity index (χ4v) is 1.63. The van der Waals surface area contributed by atoms with Gasteiger partial charge in [-0.25, -0.2) is 4.98 Å². The van der Waals surface area contributed by atoms with E-state index in [0.717, 1.165) is 11.7 Å². The summed E-state index contributed by atoms with van der Waals surface area (Å²) in [5.74, 6) is 2.34. The van der Waals surface area contributed by atoms with E-state index in [1.54, 1.807) is 0 Å². The maximum Gasteiger partial charge on any atom is 0.191 e. The Balaban J connectivity index is 2.25. The summed E-state index contributed by atoms with van der Waals surface area (Å²) < 4.78 is 5.49. The van der Waals surface area contributed by atoms with Crippen LogP contribution in [0.3, 0.4) is 0 Å². The Morgan fingerprint density at radius 2 is 2.14 bits per heavy atom. The molecule has 0 amide bonds. The smallest absolute Gasteiger partial charge is 0.191 e. The van der Waals surface area contributed by atoms with Crippen molar-refractivity contribution in [1.29, 1.82) is 0 Å². The van der Waals surface area contributed by atoms with Crippen LogP contribution in [0.1, 0.15) is 63.5 Å². The van der Waals surface area contributed by atoms with E-state index in [4.69, 9.17) is 4.42 Å². The van der Waals surface area contributed by atoms with Crippen molar-refractivity contribution in [3.05, 3.63) is 17.8 Å². The summed E-state index contributed by atoms with van der Waals surface area (Å²) in [5.41, 5.74) is 0. The lowest BCUT2D eigenvalue weighted by molar-refractivity contribution is 0.429. The van der Waals surface area contributed by atoms with Crippen molar-refractivity contribution in [2.24, 2.45) is 0 Å². The van der Waals surface area contributed by atoms with Crippen molar-refractivity contribution in [2.75, 3.05) is 0 Å². The topological polar surface area (TPSA) is 26.0 Å². The van der Waals surface area contributed by atoms with E-state index >= 15 is 0 Å². The van der Waals surface area contributed by atoms with Gasteiger partial charge in [0.15, 0.2) is 5.89 Å². The molecule has 80 valence electrons. The van der Waals surface area contributed by atoms with Crippen LogP contribution in [0.2, 0.25) is 0 Å². The molecule has 1 aromatic rings. The molecule has 0 N–H and O–H groups in total. The van der Waals surface area contributed by atoms with Gasteiger partial charge in [-0.3, -0.25) is 0 Å². The lowest BCUT2D eigenvalue weighted by atomic mass is 10.0. The molecule has 0 saturated heterocycles. The minimum atomic E-state index is 0.521. The molecule has 1 unspecified atom stereocenters. The second-order valence-electron chi connectivity index (χ2n) is 4.03. The van der Waals surface area contributed by atoms with Crippen molar-refractivity contribution < 1.29 is 4.42 Å². The Morgan fingerprint density at radius 3 is 2.71 bits per heavy atom. The molecule has 0 spiro atoms. The summed E-state index contributed by atoms with van der Waals surface area (Å²) in [6, 6.07) is 0. The Hall–Kier alpha value is -0.790. The fraction of sp³-hybridized carbons (Fsp3) is 0.750. The zero-order valence-corrected chi connectivity index (χ0v) is 9.55. The molecular weight excluding hydrogens is 174 g/mol. The third-order valence-electron chi connectivity index (χ3n) is 2.62. The summed E-state index contributed by atoms with van der Waals surface area (Å²) >= 11 is 0. The van der Waals surface area contributed by atoms with Gasteiger partial charge in [-0.05, 0) is 6.42 Å². The van der Waals surface area contributed by atoms with Gasteiger partial charge in [0, 0.05) is 12.8 Å². The Morgan fingerprint density at radius 1 is 1.36 bits per heavy atom. The molecule has 0 bridgehead atoms. The summed E-state index contributed by atoms with van der Waals surface area (Å²) in [6.45, 7) is 6.35. The Labute approximate surface area is 86.7 Å². The van der Waals surface area contributed by atoms with Crippen molar-refractivity contribution >= 4 is 0 Å². The van der Waals surface area contributed by atoms with Crippen LogP contribution in [0.4, 0.5) is 0 Å². The first kappa shape index (κ1) is 11.3. The Kier molecular flexibility index (Phi) is 4.71. The molecule has 0 aliphatic heterocycles. The van der Waals surface area contributed by atoms with Gasteiger partial charge in [0.05, 0.1) is 6.20 Å². The molecule has 0 aliphatic rings. The van der Waals surface area contributed by atoms with E-state index in [9.17, 15) is 0 Å². The lowest BCUT2D eigenvalue weighted by Crippen LogP contribution is -1.91. The molecule has 0 radical (unpaired) electrons. The minimum Gasteiger partial charge on any atom is -0.446 e. The molecule has 1 aromatic heterocycles. The minimum absolute atomic E-state index is 0.521. The predicted octanol–water partition coefficient (Wildman–Crippen LogP) is 4.06. The number of nitrogens with zero attached hydrogens (tertiary/aromatic N) is 1. The number of rotatable bonds is 6. The average molecular weight is 195 g/mol. The van der Waals surface area contributed by atoms with Crippen LogP contribution < -0.4 is 0 Å². The average Bonchev–Trinajstić information content (AvgIpc) is 2.59. The van der Waals surface area contributed by atoms with Gasteiger partial charge < -0.3 is 4.42 Å². The molecule has 1 heterocycles. The number of aryl methyl sites for hydroxylation is 1. The highest BCUT2D eigenvalue weighted by molar-refractivity contribution is 4.99. The highest BCUT2D eigenvalue weighted by Crippen LogP contribution is 2.22. The van der Waals surface area contributed by atoms with Gasteiger partial charge in [0.2, 0.25) is 0 Å². The molecule has 0 fully saturated rings. The normalized spacial score (nSPS) is 13.1. The molecule has 0 aromatic carbocycles. The van der Waals surface area contributed by atoms with Crippen LogP contribution in [-0.2, 0) is 0 Å². The summed E-state index contributed by atoms with van der Waals surface area (Å²) in [6.07, 6.45) is 8.37. The summed E-state index contributed by atoms with van der Waals surface area (Å²) in [5, 5.41) is 0.